The number of hydrogen-bond donors (Lipinski definition) is 1. The number of carbonyl (C=O) groups is 1. The Hall–Kier alpha value is -1.09. The molecule has 306 valence electrons. The second-order valence-corrected chi connectivity index (χ2v) is 17.0. The molecular weight excluding hydrogens is 633 g/mol. The fourth-order valence-corrected chi connectivity index (χ4v) is 8.64. The van der Waals surface area contributed by atoms with Crippen LogP contribution < -0.4 is 5.32 Å². The highest BCUT2D eigenvalue weighted by Crippen LogP contribution is 2.29. The van der Waals surface area contributed by atoms with Gasteiger partial charge in [-0.1, -0.05) is 227 Å². The summed E-state index contributed by atoms with van der Waals surface area (Å²) in [6.45, 7) is 19.9. The molecule has 0 bridgehead atoms. The van der Waals surface area contributed by atoms with Crippen molar-refractivity contribution < 1.29 is 4.79 Å². The largest absolute Gasteiger partial charge is 0.382 e. The molecule has 0 unspecified atom stereocenters. The average molecular weight is 727 g/mol. The van der Waals surface area contributed by atoms with Gasteiger partial charge in [-0.2, -0.15) is 0 Å². The Kier molecular flexibility index (Phi) is 33.5. The first-order valence-corrected chi connectivity index (χ1v) is 23.9. The van der Waals surface area contributed by atoms with Crippen LogP contribution in [-0.4, -0.2) is 36.9 Å². The molecule has 1 aliphatic rings. The molecule has 0 aromatic heterocycles. The normalized spacial score (nSPS) is 13.4. The lowest BCUT2D eigenvalue weighted by atomic mass is 9.85. The van der Waals surface area contributed by atoms with Gasteiger partial charge in [-0.25, -0.2) is 0 Å². The van der Waals surface area contributed by atoms with Crippen molar-refractivity contribution in [2.75, 3.05) is 26.2 Å². The van der Waals surface area contributed by atoms with Gasteiger partial charge in [0.15, 0.2) is 0 Å². The van der Waals surface area contributed by atoms with Crippen molar-refractivity contribution >= 4 is 5.78 Å². The molecule has 0 heterocycles. The summed E-state index contributed by atoms with van der Waals surface area (Å²) in [6, 6.07) is 0. The maximum Gasteiger partial charge on any atom is 0.208 e. The molecule has 1 N–H and O–H groups in total. The zero-order chi connectivity index (χ0) is 37.9. The first-order valence-electron chi connectivity index (χ1n) is 23.9. The van der Waals surface area contributed by atoms with Crippen LogP contribution in [0.2, 0.25) is 0 Å². The number of ketones is 1. The molecule has 3 heteroatoms. The van der Waals surface area contributed by atoms with Crippen molar-refractivity contribution in [2.24, 2.45) is 11.8 Å². The second kappa shape index (κ2) is 35.6. The van der Waals surface area contributed by atoms with E-state index in [-0.39, 0.29) is 5.78 Å². The highest BCUT2D eigenvalue weighted by molar-refractivity contribution is 6.19. The van der Waals surface area contributed by atoms with Crippen LogP contribution in [0.15, 0.2) is 23.4 Å². The number of rotatable bonds is 41. The first-order chi connectivity index (χ1) is 25.5. The Morgan fingerprint density at radius 2 is 0.808 bits per heavy atom. The third-order valence-corrected chi connectivity index (χ3v) is 12.3. The van der Waals surface area contributed by atoms with E-state index in [2.05, 4.69) is 51.4 Å². The van der Waals surface area contributed by atoms with E-state index in [0.717, 1.165) is 54.6 Å². The summed E-state index contributed by atoms with van der Waals surface area (Å²) in [7, 11) is 0. The Bertz CT molecular complexity index is 841. The highest BCUT2D eigenvalue weighted by atomic mass is 16.1. The number of hydrogen-bond acceptors (Lipinski definition) is 3. The van der Waals surface area contributed by atoms with Gasteiger partial charge in [0.05, 0.1) is 5.70 Å². The number of unbranched alkanes of at least 4 members (excludes halogenated alkanes) is 19. The van der Waals surface area contributed by atoms with Crippen LogP contribution in [0.5, 0.6) is 0 Å². The number of allylic oxidation sites excluding steroid dienone is 2. The molecule has 1 aliphatic carbocycles. The van der Waals surface area contributed by atoms with Crippen LogP contribution in [0.1, 0.15) is 247 Å². The Balaban J connectivity index is 2.34. The van der Waals surface area contributed by atoms with Crippen molar-refractivity contribution in [1.29, 1.82) is 0 Å². The van der Waals surface area contributed by atoms with Crippen molar-refractivity contribution in [2.45, 2.75) is 247 Å². The van der Waals surface area contributed by atoms with Gasteiger partial charge in [0, 0.05) is 12.1 Å². The van der Waals surface area contributed by atoms with E-state index in [1.807, 2.05) is 0 Å². The molecule has 0 radical (unpaired) electrons. The summed E-state index contributed by atoms with van der Waals surface area (Å²) < 4.78 is 0. The number of Topliss-reactive ketones (excluding diaryl/α,β-unsaturated/α-hetero) is 1. The van der Waals surface area contributed by atoms with Crippen molar-refractivity contribution in [3.63, 3.8) is 0 Å². The van der Waals surface area contributed by atoms with Crippen LogP contribution in [0, 0.1) is 11.8 Å². The molecule has 52 heavy (non-hydrogen) atoms. The zero-order valence-electron chi connectivity index (χ0n) is 36.4. The predicted molar refractivity (Wildman–Crippen MR) is 233 cm³/mol. The second-order valence-electron chi connectivity index (χ2n) is 17.0. The minimum absolute atomic E-state index is 0.135. The van der Waals surface area contributed by atoms with E-state index in [1.54, 1.807) is 0 Å². The molecule has 0 aromatic rings. The van der Waals surface area contributed by atoms with Gasteiger partial charge in [0.2, 0.25) is 5.78 Å². The summed E-state index contributed by atoms with van der Waals surface area (Å²) >= 11 is 0. The van der Waals surface area contributed by atoms with Crippen LogP contribution in [0.25, 0.3) is 0 Å². The molecule has 0 aliphatic heterocycles. The van der Waals surface area contributed by atoms with Gasteiger partial charge in [-0.05, 0) is 62.7 Å². The van der Waals surface area contributed by atoms with Crippen LogP contribution in [0.4, 0.5) is 0 Å². The summed E-state index contributed by atoms with van der Waals surface area (Å²) in [4.78, 5) is 15.0. The maximum atomic E-state index is 12.2. The Morgan fingerprint density at radius 1 is 0.462 bits per heavy atom. The Labute approximate surface area is 327 Å². The first kappa shape index (κ1) is 48.9. The van der Waals surface area contributed by atoms with Crippen LogP contribution >= 0.6 is 0 Å². The topological polar surface area (TPSA) is 32.3 Å². The summed E-state index contributed by atoms with van der Waals surface area (Å²) in [5.74, 6) is 2.12. The van der Waals surface area contributed by atoms with Crippen LogP contribution in [-0.2, 0) is 4.79 Å². The summed E-state index contributed by atoms with van der Waals surface area (Å²) in [5, 5.41) is 3.46. The van der Waals surface area contributed by atoms with Gasteiger partial charge in [0.1, 0.15) is 0 Å². The zero-order valence-corrected chi connectivity index (χ0v) is 36.4. The van der Waals surface area contributed by atoms with E-state index in [0.29, 0.717) is 0 Å². The molecule has 0 atom stereocenters. The van der Waals surface area contributed by atoms with E-state index in [4.69, 9.17) is 0 Å². The molecule has 3 nitrogen and oxygen atoms in total. The van der Waals surface area contributed by atoms with E-state index in [9.17, 15) is 4.79 Å². The van der Waals surface area contributed by atoms with Gasteiger partial charge in [-0.15, -0.1) is 0 Å². The van der Waals surface area contributed by atoms with Crippen molar-refractivity contribution in [3.05, 3.63) is 23.4 Å². The minimum Gasteiger partial charge on any atom is -0.382 e. The lowest BCUT2D eigenvalue weighted by Crippen LogP contribution is -2.34. The van der Waals surface area contributed by atoms with Crippen molar-refractivity contribution in [1.82, 2.24) is 10.2 Å². The minimum atomic E-state index is 0.135. The molecule has 0 amide bonds. The highest BCUT2D eigenvalue weighted by Gasteiger charge is 2.29. The fraction of sp³-hybridized carbons (Fsp3) is 0.898. The molecular formula is C49H94N2O. The molecule has 1 rings (SSSR count). The number of nitrogens with zero attached hydrogens (tertiary/aromatic N) is 1. The summed E-state index contributed by atoms with van der Waals surface area (Å²) in [6.07, 6.45) is 46.1. The maximum absolute atomic E-state index is 12.2. The van der Waals surface area contributed by atoms with E-state index in [1.165, 1.54) is 212 Å². The SMILES string of the molecule is C=C1C(=O)C(NCCCN(CCCCCCCCCC(CCCC)CCCC)CCCCCCCCC(CCCCCC)CCCCCC)=C1CC. The van der Waals surface area contributed by atoms with E-state index >= 15 is 0 Å². The van der Waals surface area contributed by atoms with E-state index < -0.39 is 0 Å². The summed E-state index contributed by atoms with van der Waals surface area (Å²) in [5.41, 5.74) is 2.71. The monoisotopic (exact) mass is 727 g/mol. The molecule has 0 saturated carbocycles. The predicted octanol–water partition coefficient (Wildman–Crippen LogP) is 15.5. The van der Waals surface area contributed by atoms with Gasteiger partial charge < -0.3 is 10.2 Å². The standard InChI is InChI=1S/C49H94N2O/c1-7-12-16-27-36-46(37-28-17-13-8-2)39-30-24-20-22-26-32-42-51(43-33-40-50-48-47(11-5)44(6)49(48)52)41-31-25-21-18-19-23-29-38-45(34-14-9-3)35-15-10-4/h45-46,50H,6-43H2,1-5H3. The lowest BCUT2D eigenvalue weighted by Gasteiger charge is -2.26. The Morgan fingerprint density at radius 3 is 1.21 bits per heavy atom. The van der Waals surface area contributed by atoms with Gasteiger partial charge in [0.25, 0.3) is 0 Å². The molecule has 0 aromatic carbocycles. The van der Waals surface area contributed by atoms with Gasteiger partial charge in [-0.3, -0.25) is 4.79 Å². The molecule has 0 fully saturated rings. The smallest absolute Gasteiger partial charge is 0.208 e. The molecule has 0 saturated heterocycles. The third kappa shape index (κ3) is 25.1. The quantitative estimate of drug-likeness (QED) is 0.0503. The fourth-order valence-electron chi connectivity index (χ4n) is 8.64. The third-order valence-electron chi connectivity index (χ3n) is 12.3. The van der Waals surface area contributed by atoms with Gasteiger partial charge >= 0.3 is 0 Å². The lowest BCUT2D eigenvalue weighted by molar-refractivity contribution is -0.113. The molecule has 0 spiro atoms. The number of carbonyl (C=O) groups excluding carboxylic acids is 1. The average Bonchev–Trinajstić information content (AvgIpc) is 3.16. The van der Waals surface area contributed by atoms with Crippen molar-refractivity contribution in [3.8, 4) is 0 Å². The van der Waals surface area contributed by atoms with Crippen LogP contribution in [0.3, 0.4) is 0 Å². The number of nitrogens with one attached hydrogen (secondary N) is 1.